The topological polar surface area (TPSA) is 72.2 Å². The Hall–Kier alpha value is -2.52. The van der Waals surface area contributed by atoms with Crippen molar-refractivity contribution in [3.8, 4) is 0 Å². The summed E-state index contributed by atoms with van der Waals surface area (Å²) in [5.41, 5.74) is 0.981. The average molecular weight is 382 g/mol. The second kappa shape index (κ2) is 8.24. The van der Waals surface area contributed by atoms with Gasteiger partial charge in [-0.3, -0.25) is 9.59 Å². The lowest BCUT2D eigenvalue weighted by Gasteiger charge is -2.17. The van der Waals surface area contributed by atoms with Crippen molar-refractivity contribution in [2.45, 2.75) is 37.7 Å². The lowest BCUT2D eigenvalue weighted by molar-refractivity contribution is -0.143. The van der Waals surface area contributed by atoms with Crippen LogP contribution in [0.15, 0.2) is 30.9 Å². The number of amides is 2. The maximum absolute atomic E-state index is 12.8. The molecular formula is C16H16F6N2O2. The van der Waals surface area contributed by atoms with E-state index in [4.69, 9.17) is 5.73 Å². The third kappa shape index (κ3) is 6.08. The number of hydrogen-bond acceptors (Lipinski definition) is 2. The Kier molecular flexibility index (Phi) is 6.82. The van der Waals surface area contributed by atoms with Crippen LogP contribution in [0.1, 0.15) is 40.7 Å². The Morgan fingerprint density at radius 2 is 1.58 bits per heavy atom. The van der Waals surface area contributed by atoms with Crippen LogP contribution in [0.3, 0.4) is 0 Å². The number of halogens is 6. The summed E-state index contributed by atoms with van der Waals surface area (Å²) in [5.74, 6) is -2.21. The molecule has 1 rings (SSSR count). The van der Waals surface area contributed by atoms with E-state index < -0.39 is 46.9 Å². The molecule has 0 spiro atoms. The van der Waals surface area contributed by atoms with Gasteiger partial charge in [-0.2, -0.15) is 26.3 Å². The molecule has 3 N–H and O–H groups in total. The molecule has 10 heteroatoms. The Morgan fingerprint density at radius 1 is 1.08 bits per heavy atom. The molecule has 0 heterocycles. The molecular weight excluding hydrogens is 366 g/mol. The molecule has 0 aliphatic heterocycles. The first-order valence-electron chi connectivity index (χ1n) is 7.36. The Labute approximate surface area is 145 Å². The minimum Gasteiger partial charge on any atom is -0.368 e. The Bertz CT molecular complexity index is 650. The highest BCUT2D eigenvalue weighted by molar-refractivity contribution is 5.97. The van der Waals surface area contributed by atoms with Crippen LogP contribution in [0.5, 0.6) is 0 Å². The zero-order chi connectivity index (χ0) is 20.1. The quantitative estimate of drug-likeness (QED) is 0.429. The highest BCUT2D eigenvalue weighted by Gasteiger charge is 2.37. The van der Waals surface area contributed by atoms with Gasteiger partial charge in [0.1, 0.15) is 6.04 Å². The van der Waals surface area contributed by atoms with Crippen LogP contribution < -0.4 is 11.1 Å². The van der Waals surface area contributed by atoms with Gasteiger partial charge in [0.2, 0.25) is 5.91 Å². The number of carbonyl (C=O) groups excluding carboxylic acids is 2. The predicted octanol–water partition coefficient (Wildman–Crippen LogP) is 3.66. The van der Waals surface area contributed by atoms with Crippen molar-refractivity contribution in [3.63, 3.8) is 0 Å². The first kappa shape index (κ1) is 21.5. The van der Waals surface area contributed by atoms with Crippen LogP contribution in [0, 0.1) is 0 Å². The van der Waals surface area contributed by atoms with E-state index in [1.165, 1.54) is 0 Å². The minimum atomic E-state index is -5.08. The number of benzene rings is 1. The molecule has 2 amide bonds. The van der Waals surface area contributed by atoms with Crippen LogP contribution in [-0.2, 0) is 17.1 Å². The van der Waals surface area contributed by atoms with Gasteiger partial charge in [0.05, 0.1) is 11.1 Å². The molecule has 26 heavy (non-hydrogen) atoms. The van der Waals surface area contributed by atoms with Crippen molar-refractivity contribution >= 4 is 11.8 Å². The van der Waals surface area contributed by atoms with Crippen LogP contribution in [-0.4, -0.2) is 17.9 Å². The van der Waals surface area contributed by atoms with Gasteiger partial charge in [-0.05, 0) is 37.5 Å². The standard InChI is InChI=1S/C16H16F6N2O2/c1-2-3-4-5-12(13(23)25)24-14(26)9-6-10(15(17,18)19)8-11(7-9)16(20,21)22/h2,6-8,12H,1,3-5H2,(H2,23,25)(H,24,26)/t12-/m1/s1. The van der Waals surface area contributed by atoms with Crippen molar-refractivity contribution in [1.29, 1.82) is 0 Å². The molecule has 0 radical (unpaired) electrons. The maximum Gasteiger partial charge on any atom is 0.416 e. The number of nitrogens with two attached hydrogens (primary N) is 1. The summed E-state index contributed by atoms with van der Waals surface area (Å²) in [5, 5.41) is 2.07. The largest absolute Gasteiger partial charge is 0.416 e. The lowest BCUT2D eigenvalue weighted by atomic mass is 10.0. The van der Waals surface area contributed by atoms with Gasteiger partial charge in [-0.15, -0.1) is 6.58 Å². The SMILES string of the molecule is C=CCCC[C@@H](NC(=O)c1cc(C(F)(F)F)cc(C(F)(F)F)c1)C(N)=O. The Balaban J connectivity index is 3.17. The van der Waals surface area contributed by atoms with E-state index in [-0.39, 0.29) is 24.6 Å². The van der Waals surface area contributed by atoms with Gasteiger partial charge in [0, 0.05) is 5.56 Å². The van der Waals surface area contributed by atoms with Gasteiger partial charge >= 0.3 is 12.4 Å². The molecule has 0 unspecified atom stereocenters. The van der Waals surface area contributed by atoms with E-state index in [2.05, 4.69) is 11.9 Å². The number of hydrogen-bond donors (Lipinski definition) is 2. The summed E-state index contributed by atoms with van der Waals surface area (Å²) in [6.07, 6.45) is -7.66. The zero-order valence-electron chi connectivity index (χ0n) is 13.4. The van der Waals surface area contributed by atoms with Crippen molar-refractivity contribution in [3.05, 3.63) is 47.5 Å². The molecule has 0 saturated carbocycles. The molecule has 1 aromatic carbocycles. The molecule has 0 bridgehead atoms. The van der Waals surface area contributed by atoms with Crippen molar-refractivity contribution in [2.75, 3.05) is 0 Å². The molecule has 0 aliphatic rings. The van der Waals surface area contributed by atoms with E-state index in [0.29, 0.717) is 12.8 Å². The maximum atomic E-state index is 12.8. The van der Waals surface area contributed by atoms with Crippen LogP contribution >= 0.6 is 0 Å². The van der Waals surface area contributed by atoms with Gasteiger partial charge < -0.3 is 11.1 Å². The first-order chi connectivity index (χ1) is 11.9. The van der Waals surface area contributed by atoms with E-state index in [1.807, 2.05) is 0 Å². The minimum absolute atomic E-state index is 0.0676. The molecule has 1 atom stereocenters. The monoisotopic (exact) mass is 382 g/mol. The van der Waals surface area contributed by atoms with Crippen molar-refractivity contribution in [1.82, 2.24) is 5.32 Å². The number of rotatable bonds is 7. The molecule has 0 aliphatic carbocycles. The molecule has 144 valence electrons. The van der Waals surface area contributed by atoms with Gasteiger partial charge in [0.25, 0.3) is 5.91 Å². The van der Waals surface area contributed by atoms with Gasteiger partial charge in [-0.25, -0.2) is 0 Å². The molecule has 4 nitrogen and oxygen atoms in total. The predicted molar refractivity (Wildman–Crippen MR) is 80.9 cm³/mol. The van der Waals surface area contributed by atoms with Gasteiger partial charge in [0.15, 0.2) is 0 Å². The second-order valence-electron chi connectivity index (χ2n) is 5.44. The fraction of sp³-hybridized carbons (Fsp3) is 0.375. The summed E-state index contributed by atoms with van der Waals surface area (Å²) >= 11 is 0. The number of primary amides is 1. The van der Waals surface area contributed by atoms with Crippen LogP contribution in [0.25, 0.3) is 0 Å². The fourth-order valence-corrected chi connectivity index (χ4v) is 2.08. The first-order valence-corrected chi connectivity index (χ1v) is 7.36. The van der Waals surface area contributed by atoms with E-state index in [0.717, 1.165) is 0 Å². The summed E-state index contributed by atoms with van der Waals surface area (Å²) in [6, 6.07) is -0.753. The van der Waals surface area contributed by atoms with Crippen LogP contribution in [0.2, 0.25) is 0 Å². The van der Waals surface area contributed by atoms with E-state index >= 15 is 0 Å². The third-order valence-corrected chi connectivity index (χ3v) is 3.40. The van der Waals surface area contributed by atoms with Crippen molar-refractivity contribution < 1.29 is 35.9 Å². The second-order valence-corrected chi connectivity index (χ2v) is 5.44. The summed E-state index contributed by atoms with van der Waals surface area (Å²) in [7, 11) is 0. The third-order valence-electron chi connectivity index (χ3n) is 3.40. The van der Waals surface area contributed by atoms with E-state index in [9.17, 15) is 35.9 Å². The number of allylic oxidation sites excluding steroid dienone is 1. The number of unbranched alkanes of at least 4 members (excludes halogenated alkanes) is 1. The average Bonchev–Trinajstić information content (AvgIpc) is 2.51. The summed E-state index contributed by atoms with van der Waals surface area (Å²) < 4.78 is 76.9. The zero-order valence-corrected chi connectivity index (χ0v) is 13.4. The van der Waals surface area contributed by atoms with Gasteiger partial charge in [-0.1, -0.05) is 6.08 Å². The summed E-state index contributed by atoms with van der Waals surface area (Å²) in [4.78, 5) is 23.4. The van der Waals surface area contributed by atoms with E-state index in [1.54, 1.807) is 6.08 Å². The molecule has 0 saturated heterocycles. The highest BCUT2D eigenvalue weighted by atomic mass is 19.4. The summed E-state index contributed by atoms with van der Waals surface area (Å²) in [6.45, 7) is 3.46. The number of alkyl halides is 6. The van der Waals surface area contributed by atoms with Crippen molar-refractivity contribution in [2.24, 2.45) is 5.73 Å². The normalized spacial score (nSPS) is 13.2. The smallest absolute Gasteiger partial charge is 0.368 e. The fourth-order valence-electron chi connectivity index (χ4n) is 2.08. The van der Waals surface area contributed by atoms with Crippen LogP contribution in [0.4, 0.5) is 26.3 Å². The molecule has 0 fully saturated rings. The Morgan fingerprint density at radius 3 is 1.96 bits per heavy atom. The lowest BCUT2D eigenvalue weighted by Crippen LogP contribution is -2.44. The molecule has 0 aromatic heterocycles. The number of carbonyl (C=O) groups is 2. The number of nitrogens with one attached hydrogen (secondary N) is 1. The molecule has 1 aromatic rings. The highest BCUT2D eigenvalue weighted by Crippen LogP contribution is 2.36.